The molecule has 0 amide bonds. The first-order chi connectivity index (χ1) is 16.6. The summed E-state index contributed by atoms with van der Waals surface area (Å²) in [4.78, 5) is 13.5. The van der Waals surface area contributed by atoms with Gasteiger partial charge in [0.05, 0.1) is 23.0 Å². The molecule has 1 aromatic heterocycles. The highest BCUT2D eigenvalue weighted by Gasteiger charge is 2.59. The van der Waals surface area contributed by atoms with Crippen molar-refractivity contribution in [3.8, 4) is 0 Å². The van der Waals surface area contributed by atoms with Gasteiger partial charge in [0, 0.05) is 32.9 Å². The summed E-state index contributed by atoms with van der Waals surface area (Å²) in [6.45, 7) is 0.165. The molecular weight excluding hydrogens is 528 g/mol. The van der Waals surface area contributed by atoms with Crippen LogP contribution in [0, 0.1) is 0 Å². The average molecular weight is 544 g/mol. The first-order valence-corrected chi connectivity index (χ1v) is 11.1. The Morgan fingerprint density at radius 2 is 1.83 bits per heavy atom. The van der Waals surface area contributed by atoms with E-state index in [2.05, 4.69) is 15.5 Å². The van der Waals surface area contributed by atoms with Crippen molar-refractivity contribution in [2.75, 3.05) is 0 Å². The zero-order valence-corrected chi connectivity index (χ0v) is 19.8. The molecule has 0 saturated heterocycles. The van der Waals surface area contributed by atoms with E-state index in [9.17, 15) is 18.4 Å². The van der Waals surface area contributed by atoms with Gasteiger partial charge in [-0.05, 0) is 48.5 Å². The van der Waals surface area contributed by atoms with Gasteiger partial charge in [-0.2, -0.15) is 13.2 Å². The zero-order valence-electron chi connectivity index (χ0n) is 17.6. The van der Waals surface area contributed by atoms with E-state index in [1.54, 1.807) is 24.4 Å². The number of amidine groups is 1. The Morgan fingerprint density at radius 3 is 2.43 bits per heavy atom. The molecule has 0 radical (unpaired) electrons. The Hall–Kier alpha value is -2.82. The number of benzene rings is 2. The smallest absolute Gasteiger partial charge is 0.290 e. The third-order valence-corrected chi connectivity index (χ3v) is 5.90. The van der Waals surface area contributed by atoms with Gasteiger partial charge in [0.15, 0.2) is 5.84 Å². The molecule has 0 spiro atoms. The number of halogens is 6. The summed E-state index contributed by atoms with van der Waals surface area (Å²) in [6, 6.07) is 13.4. The largest absolute Gasteiger partial charge is 0.428 e. The van der Waals surface area contributed by atoms with E-state index in [0.717, 1.165) is 18.2 Å². The number of hydrogen-bond acceptors (Lipinski definition) is 5. The molecule has 1 unspecified atom stereocenters. The summed E-state index contributed by atoms with van der Waals surface area (Å²) in [5.41, 5.74) is 2.53. The second-order valence-corrected chi connectivity index (χ2v) is 8.73. The lowest BCUT2D eigenvalue weighted by Crippen LogP contribution is -2.42. The molecule has 6 nitrogen and oxygen atoms in total. The molecule has 1 aliphatic rings. The van der Waals surface area contributed by atoms with Crippen LogP contribution in [0.5, 0.6) is 0 Å². The lowest BCUT2D eigenvalue weighted by molar-refractivity contribution is -0.269. The highest BCUT2D eigenvalue weighted by atomic mass is 35.5. The minimum Gasteiger partial charge on any atom is -0.290 e. The van der Waals surface area contributed by atoms with Crippen LogP contribution in [0.4, 0.5) is 13.2 Å². The van der Waals surface area contributed by atoms with Gasteiger partial charge in [-0.3, -0.25) is 31.0 Å². The van der Waals surface area contributed by atoms with Gasteiger partial charge in [0.2, 0.25) is 5.60 Å². The predicted octanol–water partition coefficient (Wildman–Crippen LogP) is 6.30. The summed E-state index contributed by atoms with van der Waals surface area (Å²) in [5, 5.41) is 9.73. The lowest BCUT2D eigenvalue weighted by Gasteiger charge is -2.28. The topological polar surface area (TPSA) is 78.8 Å². The fraction of sp³-hybridized carbons (Fsp3) is 0.130. The molecule has 0 aliphatic carbocycles. The van der Waals surface area contributed by atoms with Crippen molar-refractivity contribution in [2.24, 2.45) is 4.99 Å². The average Bonchev–Trinajstić information content (AvgIpc) is 3.27. The summed E-state index contributed by atoms with van der Waals surface area (Å²) >= 11 is 18.2. The molecule has 2 aromatic carbocycles. The molecule has 1 atom stereocenters. The highest BCUT2D eigenvalue weighted by molar-refractivity contribution is 6.35. The van der Waals surface area contributed by atoms with Gasteiger partial charge in [-0.1, -0.05) is 46.9 Å². The van der Waals surface area contributed by atoms with E-state index in [0.29, 0.717) is 16.8 Å². The maximum atomic E-state index is 14.2. The number of pyridine rings is 1. The summed E-state index contributed by atoms with van der Waals surface area (Å²) < 4.78 is 42.6. The first-order valence-electron chi connectivity index (χ1n) is 9.98. The minimum atomic E-state index is -4.84. The van der Waals surface area contributed by atoms with Gasteiger partial charge in [0.25, 0.3) is 0 Å². The molecule has 0 fully saturated rings. The van der Waals surface area contributed by atoms with E-state index in [-0.39, 0.29) is 38.7 Å². The number of hydrogen-bond donors (Lipinski definition) is 3. The number of alkyl halides is 3. The zero-order chi connectivity index (χ0) is 25.2. The Bertz CT molecular complexity index is 1280. The number of rotatable bonds is 5. The van der Waals surface area contributed by atoms with Crippen LogP contribution in [0.2, 0.25) is 15.1 Å². The van der Waals surface area contributed by atoms with E-state index in [1.165, 1.54) is 24.3 Å². The molecule has 35 heavy (non-hydrogen) atoms. The van der Waals surface area contributed by atoms with Crippen LogP contribution in [-0.2, 0) is 17.0 Å². The maximum Gasteiger partial charge on any atom is 0.428 e. The normalized spacial score (nSPS) is 18.3. The van der Waals surface area contributed by atoms with Crippen molar-refractivity contribution in [1.82, 2.24) is 15.9 Å². The quantitative estimate of drug-likeness (QED) is 0.200. The minimum absolute atomic E-state index is 0.0239. The summed E-state index contributed by atoms with van der Waals surface area (Å²) in [6.07, 6.45) is -2.34. The van der Waals surface area contributed by atoms with Gasteiger partial charge in [-0.15, -0.1) is 0 Å². The molecule has 0 bridgehead atoms. The Balaban J connectivity index is 1.68. The number of aliphatic imine (C=N–C) groups is 1. The van der Waals surface area contributed by atoms with E-state index >= 15 is 0 Å². The van der Waals surface area contributed by atoms with E-state index in [1.807, 2.05) is 5.48 Å². The standard InChI is InChI=1S/C23H16Cl3F3N4O2/c24-15-8-14(9-16(25)10-15)22(23(27,28)29)11-20(33-35-22)13-4-5-18(19(26)7-13)21(32-34)31-12-17-3-1-2-6-30-17/h1-11,33-34H,12H2,(H,31,32). The van der Waals surface area contributed by atoms with Crippen molar-refractivity contribution < 1.29 is 23.2 Å². The predicted molar refractivity (Wildman–Crippen MR) is 127 cm³/mol. The maximum absolute atomic E-state index is 14.2. The Kier molecular flexibility index (Phi) is 7.25. The molecule has 2 heterocycles. The third kappa shape index (κ3) is 5.24. The molecule has 12 heteroatoms. The number of nitrogens with zero attached hydrogens (tertiary/aromatic N) is 2. The van der Waals surface area contributed by atoms with Crippen molar-refractivity contribution in [1.29, 1.82) is 0 Å². The van der Waals surface area contributed by atoms with Crippen LogP contribution in [-0.4, -0.2) is 22.2 Å². The second kappa shape index (κ2) is 10.0. The molecule has 3 N–H and O–H groups in total. The fourth-order valence-corrected chi connectivity index (χ4v) is 4.26. The van der Waals surface area contributed by atoms with Gasteiger partial charge >= 0.3 is 6.18 Å². The first kappa shape index (κ1) is 25.3. The monoisotopic (exact) mass is 542 g/mol. The third-order valence-electron chi connectivity index (χ3n) is 5.15. The van der Waals surface area contributed by atoms with Crippen LogP contribution in [0.3, 0.4) is 0 Å². The SMILES string of the molecule is ONC(=NCc1ccccn1)c1ccc(C2=CC(c3cc(Cl)cc(Cl)c3)(C(F)(F)F)ON2)cc1Cl. The molecule has 3 aromatic rings. The van der Waals surface area contributed by atoms with Crippen LogP contribution in [0.1, 0.15) is 22.4 Å². The van der Waals surface area contributed by atoms with Crippen LogP contribution in [0.25, 0.3) is 5.70 Å². The molecule has 0 saturated carbocycles. The Labute approximate surface area is 212 Å². The van der Waals surface area contributed by atoms with Crippen LogP contribution in [0.15, 0.2) is 71.9 Å². The van der Waals surface area contributed by atoms with Gasteiger partial charge in [-0.25, -0.2) is 0 Å². The second-order valence-electron chi connectivity index (χ2n) is 7.45. The Morgan fingerprint density at radius 1 is 1.09 bits per heavy atom. The lowest BCUT2D eigenvalue weighted by atomic mass is 9.91. The summed E-state index contributed by atoms with van der Waals surface area (Å²) in [5.74, 6) is 0.0648. The van der Waals surface area contributed by atoms with E-state index in [4.69, 9.17) is 39.6 Å². The van der Waals surface area contributed by atoms with E-state index < -0.39 is 11.8 Å². The summed E-state index contributed by atoms with van der Waals surface area (Å²) in [7, 11) is 0. The van der Waals surface area contributed by atoms with Gasteiger partial charge in [0.1, 0.15) is 0 Å². The molecule has 1 aliphatic heterocycles. The molecular formula is C23H16Cl3F3N4O2. The molecule has 182 valence electrons. The number of nitrogens with one attached hydrogen (secondary N) is 2. The fourth-order valence-electron chi connectivity index (χ4n) is 3.46. The number of hydroxylamine groups is 2. The van der Waals surface area contributed by atoms with Crippen molar-refractivity contribution in [2.45, 2.75) is 18.3 Å². The molecule has 4 rings (SSSR count). The van der Waals surface area contributed by atoms with Crippen molar-refractivity contribution in [3.63, 3.8) is 0 Å². The van der Waals surface area contributed by atoms with Crippen LogP contribution < -0.4 is 11.0 Å². The van der Waals surface area contributed by atoms with Crippen LogP contribution >= 0.6 is 34.8 Å². The number of aromatic nitrogens is 1. The van der Waals surface area contributed by atoms with Gasteiger partial charge < -0.3 is 0 Å². The van der Waals surface area contributed by atoms with Crippen molar-refractivity contribution >= 4 is 46.3 Å². The highest BCUT2D eigenvalue weighted by Crippen LogP contribution is 2.48. The van der Waals surface area contributed by atoms with Crippen molar-refractivity contribution in [3.05, 3.63) is 104 Å².